The normalized spacial score (nSPS) is 22.2. The molecule has 1 heterocycles. The van der Waals surface area contributed by atoms with E-state index in [9.17, 15) is 14.0 Å². The van der Waals surface area contributed by atoms with Crippen molar-refractivity contribution >= 4 is 11.8 Å². The van der Waals surface area contributed by atoms with E-state index in [1.54, 1.807) is 0 Å². The van der Waals surface area contributed by atoms with E-state index in [4.69, 9.17) is 0 Å². The van der Waals surface area contributed by atoms with Gasteiger partial charge in [0, 0.05) is 19.5 Å². The van der Waals surface area contributed by atoms with Crippen LogP contribution in [0.15, 0.2) is 0 Å². The van der Waals surface area contributed by atoms with Crippen LogP contribution in [-0.2, 0) is 9.59 Å². The molecule has 1 aliphatic rings. The molecule has 13 heavy (non-hydrogen) atoms. The zero-order chi connectivity index (χ0) is 9.68. The first kappa shape index (κ1) is 9.95. The fourth-order valence-corrected chi connectivity index (χ4v) is 1.27. The van der Waals surface area contributed by atoms with Gasteiger partial charge in [0.15, 0.2) is 0 Å². The number of hydrogen-bond donors (Lipinski definition) is 2. The number of rotatable bonds is 3. The van der Waals surface area contributed by atoms with Gasteiger partial charge in [-0.1, -0.05) is 0 Å². The highest BCUT2D eigenvalue weighted by molar-refractivity contribution is 5.83. The lowest BCUT2D eigenvalue weighted by atomic mass is 9.98. The molecule has 1 saturated heterocycles. The Kier molecular flexibility index (Phi) is 3.67. The Balaban J connectivity index is 2.27. The lowest BCUT2D eigenvalue weighted by molar-refractivity contribution is -0.128. The van der Waals surface area contributed by atoms with Crippen molar-refractivity contribution in [1.29, 1.82) is 0 Å². The highest BCUT2D eigenvalue weighted by Gasteiger charge is 2.23. The molecule has 1 aliphatic heterocycles. The first-order valence-corrected chi connectivity index (χ1v) is 4.34. The van der Waals surface area contributed by atoms with Crippen LogP contribution in [0.5, 0.6) is 0 Å². The number of carbonyl (C=O) groups excluding carboxylic acids is 2. The summed E-state index contributed by atoms with van der Waals surface area (Å²) in [7, 11) is 0. The van der Waals surface area contributed by atoms with E-state index in [-0.39, 0.29) is 24.3 Å². The maximum absolute atomic E-state index is 11.7. The molecule has 74 valence electrons. The molecule has 2 amide bonds. The van der Waals surface area contributed by atoms with E-state index in [2.05, 4.69) is 10.6 Å². The minimum absolute atomic E-state index is 0.0189. The molecule has 1 rings (SSSR count). The van der Waals surface area contributed by atoms with Gasteiger partial charge in [-0.05, 0) is 6.42 Å². The predicted octanol–water partition coefficient (Wildman–Crippen LogP) is -0.402. The largest absolute Gasteiger partial charge is 0.355 e. The standard InChI is InChI=1S/C8H13FN2O2/c9-3-4-10-8(13)6-1-2-7(12)11-5-6/h6H,1-5H2,(H,10,13)(H,11,12). The molecule has 0 aromatic rings. The van der Waals surface area contributed by atoms with Gasteiger partial charge in [-0.2, -0.15) is 0 Å². The number of piperidine rings is 1. The van der Waals surface area contributed by atoms with E-state index in [1.165, 1.54) is 0 Å². The first-order chi connectivity index (χ1) is 6.24. The van der Waals surface area contributed by atoms with E-state index < -0.39 is 6.67 Å². The summed E-state index contributed by atoms with van der Waals surface area (Å²) in [6.45, 7) is -0.120. The van der Waals surface area contributed by atoms with Crippen LogP contribution in [0.4, 0.5) is 4.39 Å². The smallest absolute Gasteiger partial charge is 0.224 e. The Labute approximate surface area is 75.9 Å². The van der Waals surface area contributed by atoms with Crippen molar-refractivity contribution in [1.82, 2.24) is 10.6 Å². The third-order valence-electron chi connectivity index (χ3n) is 2.03. The number of halogens is 1. The summed E-state index contributed by atoms with van der Waals surface area (Å²) in [6.07, 6.45) is 0.942. The van der Waals surface area contributed by atoms with Crippen molar-refractivity contribution in [3.05, 3.63) is 0 Å². The van der Waals surface area contributed by atoms with Gasteiger partial charge in [-0.3, -0.25) is 9.59 Å². The Morgan fingerprint density at radius 2 is 2.46 bits per heavy atom. The van der Waals surface area contributed by atoms with Crippen molar-refractivity contribution in [2.45, 2.75) is 12.8 Å². The maximum Gasteiger partial charge on any atom is 0.224 e. The molecule has 0 saturated carbocycles. The van der Waals surface area contributed by atoms with E-state index in [0.29, 0.717) is 19.4 Å². The molecule has 1 atom stereocenters. The van der Waals surface area contributed by atoms with Gasteiger partial charge in [-0.15, -0.1) is 0 Å². The van der Waals surface area contributed by atoms with Gasteiger partial charge in [0.05, 0.1) is 5.92 Å². The highest BCUT2D eigenvalue weighted by Crippen LogP contribution is 2.10. The molecular formula is C8H13FN2O2. The summed E-state index contributed by atoms with van der Waals surface area (Å²) in [6, 6.07) is 0. The minimum Gasteiger partial charge on any atom is -0.355 e. The summed E-state index contributed by atoms with van der Waals surface area (Å²) in [5.41, 5.74) is 0. The summed E-state index contributed by atoms with van der Waals surface area (Å²) in [4.78, 5) is 22.0. The zero-order valence-electron chi connectivity index (χ0n) is 7.31. The summed E-state index contributed by atoms with van der Waals surface area (Å²) in [5, 5.41) is 5.05. The second kappa shape index (κ2) is 4.79. The van der Waals surface area contributed by atoms with Gasteiger partial charge in [0.2, 0.25) is 11.8 Å². The van der Waals surface area contributed by atoms with Crippen LogP contribution in [0.2, 0.25) is 0 Å². The Morgan fingerprint density at radius 1 is 1.69 bits per heavy atom. The molecule has 0 spiro atoms. The van der Waals surface area contributed by atoms with Crippen LogP contribution in [0.3, 0.4) is 0 Å². The SMILES string of the molecule is O=C1CCC(C(=O)NCCF)CN1. The van der Waals surface area contributed by atoms with E-state index in [0.717, 1.165) is 0 Å². The number of alkyl halides is 1. The molecule has 1 fully saturated rings. The highest BCUT2D eigenvalue weighted by atomic mass is 19.1. The minimum atomic E-state index is -0.551. The molecular weight excluding hydrogens is 175 g/mol. The van der Waals surface area contributed by atoms with Gasteiger partial charge >= 0.3 is 0 Å². The quantitative estimate of drug-likeness (QED) is 0.633. The molecule has 5 heteroatoms. The number of hydrogen-bond acceptors (Lipinski definition) is 2. The lowest BCUT2D eigenvalue weighted by Gasteiger charge is -2.21. The van der Waals surface area contributed by atoms with Gasteiger partial charge in [0.25, 0.3) is 0 Å². The Bertz CT molecular complexity index is 198. The lowest BCUT2D eigenvalue weighted by Crippen LogP contribution is -2.43. The Morgan fingerprint density at radius 3 is 3.00 bits per heavy atom. The number of carbonyl (C=O) groups is 2. The average Bonchev–Trinajstić information content (AvgIpc) is 2.15. The summed E-state index contributed by atoms with van der Waals surface area (Å²) < 4.78 is 11.7. The predicted molar refractivity (Wildman–Crippen MR) is 44.7 cm³/mol. The van der Waals surface area contributed by atoms with Crippen molar-refractivity contribution in [3.63, 3.8) is 0 Å². The molecule has 2 N–H and O–H groups in total. The molecule has 0 radical (unpaired) electrons. The van der Waals surface area contributed by atoms with Crippen molar-refractivity contribution in [2.75, 3.05) is 19.8 Å². The Hall–Kier alpha value is -1.13. The van der Waals surface area contributed by atoms with Crippen LogP contribution < -0.4 is 10.6 Å². The zero-order valence-corrected chi connectivity index (χ0v) is 7.31. The second-order valence-electron chi connectivity index (χ2n) is 3.02. The van der Waals surface area contributed by atoms with Gasteiger partial charge < -0.3 is 10.6 Å². The van der Waals surface area contributed by atoms with E-state index >= 15 is 0 Å². The molecule has 0 aliphatic carbocycles. The van der Waals surface area contributed by atoms with Gasteiger partial charge in [-0.25, -0.2) is 4.39 Å². The number of nitrogens with one attached hydrogen (secondary N) is 2. The topological polar surface area (TPSA) is 58.2 Å². The van der Waals surface area contributed by atoms with Crippen LogP contribution in [-0.4, -0.2) is 31.6 Å². The molecule has 0 aromatic heterocycles. The molecule has 0 aromatic carbocycles. The van der Waals surface area contributed by atoms with Crippen molar-refractivity contribution in [2.24, 2.45) is 5.92 Å². The van der Waals surface area contributed by atoms with Crippen LogP contribution in [0, 0.1) is 5.92 Å². The van der Waals surface area contributed by atoms with Gasteiger partial charge in [0.1, 0.15) is 6.67 Å². The fourth-order valence-electron chi connectivity index (χ4n) is 1.27. The molecule has 4 nitrogen and oxygen atoms in total. The summed E-state index contributed by atoms with van der Waals surface area (Å²) >= 11 is 0. The third-order valence-corrected chi connectivity index (χ3v) is 2.03. The monoisotopic (exact) mass is 188 g/mol. The summed E-state index contributed by atoms with van der Waals surface area (Å²) in [5.74, 6) is -0.378. The van der Waals surface area contributed by atoms with E-state index in [1.807, 2.05) is 0 Å². The fraction of sp³-hybridized carbons (Fsp3) is 0.750. The third kappa shape index (κ3) is 3.01. The van der Waals surface area contributed by atoms with Crippen LogP contribution in [0.1, 0.15) is 12.8 Å². The first-order valence-electron chi connectivity index (χ1n) is 4.34. The van der Waals surface area contributed by atoms with Crippen molar-refractivity contribution in [3.8, 4) is 0 Å². The van der Waals surface area contributed by atoms with Crippen LogP contribution >= 0.6 is 0 Å². The second-order valence-corrected chi connectivity index (χ2v) is 3.02. The maximum atomic E-state index is 11.7. The number of amides is 2. The van der Waals surface area contributed by atoms with Crippen molar-refractivity contribution < 1.29 is 14.0 Å². The molecule has 1 unspecified atom stereocenters. The molecule has 0 bridgehead atoms. The van der Waals surface area contributed by atoms with Crippen LogP contribution in [0.25, 0.3) is 0 Å². The average molecular weight is 188 g/mol.